The highest BCUT2D eigenvalue weighted by Crippen LogP contribution is 2.36. The number of rotatable bonds is 8. The highest BCUT2D eigenvalue weighted by Gasteiger charge is 2.14. The van der Waals surface area contributed by atoms with Crippen LogP contribution >= 0.6 is 22.7 Å². The molecular formula is C30H27N9S2. The van der Waals surface area contributed by atoms with Gasteiger partial charge in [0.1, 0.15) is 10.0 Å². The van der Waals surface area contributed by atoms with Crippen LogP contribution in [-0.2, 0) is 0 Å². The molecule has 204 valence electrons. The zero-order valence-corrected chi connectivity index (χ0v) is 24.3. The summed E-state index contributed by atoms with van der Waals surface area (Å²) in [7, 11) is 0. The summed E-state index contributed by atoms with van der Waals surface area (Å²) in [6.07, 6.45) is 2.52. The Kier molecular flexibility index (Phi) is 8.06. The molecule has 1 aliphatic rings. The van der Waals surface area contributed by atoms with Crippen molar-refractivity contribution in [1.82, 2.24) is 10.2 Å². The maximum Gasteiger partial charge on any atom is 0.252 e. The van der Waals surface area contributed by atoms with E-state index in [1.54, 1.807) is 11.3 Å². The summed E-state index contributed by atoms with van der Waals surface area (Å²) in [6.45, 7) is 6.22. The van der Waals surface area contributed by atoms with E-state index in [2.05, 4.69) is 51.8 Å². The Morgan fingerprint density at radius 3 is 1.98 bits per heavy atom. The number of benzene rings is 3. The highest BCUT2D eigenvalue weighted by atomic mass is 32.1. The molecule has 1 fully saturated rings. The van der Waals surface area contributed by atoms with E-state index in [0.29, 0.717) is 5.13 Å². The molecule has 0 aliphatic carbocycles. The number of hydrogen-bond acceptors (Lipinski definition) is 11. The summed E-state index contributed by atoms with van der Waals surface area (Å²) < 4.78 is 0. The second-order valence-electron chi connectivity index (χ2n) is 9.60. The molecule has 5 aromatic rings. The minimum absolute atomic E-state index is 0.507. The summed E-state index contributed by atoms with van der Waals surface area (Å²) in [5.41, 5.74) is 5.97. The van der Waals surface area contributed by atoms with E-state index in [4.69, 9.17) is 0 Å². The summed E-state index contributed by atoms with van der Waals surface area (Å²) >= 11 is 3.08. The van der Waals surface area contributed by atoms with Crippen LogP contribution in [0.1, 0.15) is 24.0 Å². The lowest BCUT2D eigenvalue weighted by Gasteiger charge is -2.13. The Balaban J connectivity index is 1.08. The topological polar surface area (TPSA) is 103 Å². The zero-order valence-electron chi connectivity index (χ0n) is 22.7. The van der Waals surface area contributed by atoms with Gasteiger partial charge in [-0.2, -0.15) is 10.2 Å². The molecule has 9 nitrogen and oxygen atoms in total. The molecule has 0 amide bonds. The van der Waals surface area contributed by atoms with Crippen LogP contribution in [0.2, 0.25) is 0 Å². The Labute approximate surface area is 246 Å². The monoisotopic (exact) mass is 577 g/mol. The number of nitrogens with zero attached hydrogens (tertiary/aromatic N) is 9. The van der Waals surface area contributed by atoms with Crippen LogP contribution < -0.4 is 4.90 Å². The van der Waals surface area contributed by atoms with E-state index in [0.717, 1.165) is 62.5 Å². The standard InChI is InChI=1S/C30H27N9S2/c1-20-19-24(32-35-27-14-15-28(40-27)39-16-6-7-17-39)11-12-25(20)33-31-23-10-13-26(21(2)18-23)34-37-30-38-36-29(41-30)22-8-4-3-5-9-22/h3-5,8-15,18-19H,6-7,16-17H2,1-2H3. The third-order valence-electron chi connectivity index (χ3n) is 6.57. The van der Waals surface area contributed by atoms with Crippen LogP contribution in [0.5, 0.6) is 0 Å². The van der Waals surface area contributed by atoms with Gasteiger partial charge in [-0.25, -0.2) is 0 Å². The van der Waals surface area contributed by atoms with E-state index < -0.39 is 0 Å². The summed E-state index contributed by atoms with van der Waals surface area (Å²) in [6, 6.07) is 25.5. The predicted molar refractivity (Wildman–Crippen MR) is 166 cm³/mol. The summed E-state index contributed by atoms with van der Waals surface area (Å²) in [4.78, 5) is 2.41. The van der Waals surface area contributed by atoms with Crippen molar-refractivity contribution in [2.75, 3.05) is 18.0 Å². The first kappa shape index (κ1) is 26.7. The molecule has 0 unspecified atom stereocenters. The lowest BCUT2D eigenvalue weighted by atomic mass is 10.2. The minimum Gasteiger partial charge on any atom is -0.363 e. The third-order valence-corrected chi connectivity index (χ3v) is 8.46. The van der Waals surface area contributed by atoms with Crippen LogP contribution in [0, 0.1) is 13.8 Å². The third kappa shape index (κ3) is 6.64. The van der Waals surface area contributed by atoms with Gasteiger partial charge in [-0.05, 0) is 86.3 Å². The smallest absolute Gasteiger partial charge is 0.252 e. The number of hydrogen-bond donors (Lipinski definition) is 0. The van der Waals surface area contributed by atoms with Crippen molar-refractivity contribution in [2.45, 2.75) is 26.7 Å². The summed E-state index contributed by atoms with van der Waals surface area (Å²) in [5.74, 6) is 0. The van der Waals surface area contributed by atoms with Gasteiger partial charge in [0.05, 0.1) is 27.8 Å². The van der Waals surface area contributed by atoms with Gasteiger partial charge < -0.3 is 4.90 Å². The van der Waals surface area contributed by atoms with Gasteiger partial charge in [0.15, 0.2) is 0 Å². The van der Waals surface area contributed by atoms with Gasteiger partial charge >= 0.3 is 0 Å². The van der Waals surface area contributed by atoms with Gasteiger partial charge in [0.2, 0.25) is 0 Å². The van der Waals surface area contributed by atoms with Crippen LogP contribution in [0.3, 0.4) is 0 Å². The SMILES string of the molecule is Cc1cc(N=Nc2ccc(N3CCCC3)s2)ccc1N=Nc1ccc(N=Nc2nnc(-c3ccccc3)s2)c(C)c1. The number of thiophene rings is 1. The number of aryl methyl sites for hydroxylation is 2. The average Bonchev–Trinajstić information content (AvgIpc) is 3.78. The lowest BCUT2D eigenvalue weighted by molar-refractivity contribution is 0.949. The second-order valence-corrected chi connectivity index (χ2v) is 11.6. The number of anilines is 1. The Morgan fingerprint density at radius 2 is 1.29 bits per heavy atom. The molecule has 0 spiro atoms. The van der Waals surface area contributed by atoms with Crippen molar-refractivity contribution in [3.8, 4) is 10.6 Å². The zero-order chi connectivity index (χ0) is 28.0. The van der Waals surface area contributed by atoms with Gasteiger partial charge in [-0.3, -0.25) is 0 Å². The van der Waals surface area contributed by atoms with Gasteiger partial charge in [0.25, 0.3) is 5.13 Å². The van der Waals surface area contributed by atoms with Crippen molar-refractivity contribution in [3.63, 3.8) is 0 Å². The van der Waals surface area contributed by atoms with Crippen LogP contribution in [0.15, 0.2) is 110 Å². The van der Waals surface area contributed by atoms with E-state index >= 15 is 0 Å². The van der Waals surface area contributed by atoms with Crippen molar-refractivity contribution >= 4 is 60.6 Å². The van der Waals surface area contributed by atoms with Crippen LogP contribution in [0.4, 0.5) is 37.9 Å². The van der Waals surface area contributed by atoms with Crippen molar-refractivity contribution < 1.29 is 0 Å². The number of aromatic nitrogens is 2. The molecule has 0 N–H and O–H groups in total. The maximum atomic E-state index is 4.46. The fourth-order valence-electron chi connectivity index (χ4n) is 4.38. The molecule has 1 saturated heterocycles. The van der Waals surface area contributed by atoms with Crippen molar-refractivity contribution in [1.29, 1.82) is 0 Å². The van der Waals surface area contributed by atoms with Crippen molar-refractivity contribution in [2.24, 2.45) is 30.7 Å². The average molecular weight is 578 g/mol. The molecule has 41 heavy (non-hydrogen) atoms. The highest BCUT2D eigenvalue weighted by molar-refractivity contribution is 7.19. The molecule has 0 saturated carbocycles. The molecule has 3 heterocycles. The first-order valence-electron chi connectivity index (χ1n) is 13.3. The molecule has 0 bridgehead atoms. The van der Waals surface area contributed by atoms with Crippen LogP contribution in [-0.4, -0.2) is 23.3 Å². The Bertz CT molecular complexity index is 1730. The van der Waals surface area contributed by atoms with Gasteiger partial charge in [-0.1, -0.05) is 53.0 Å². The molecule has 11 heteroatoms. The van der Waals surface area contributed by atoms with E-state index in [-0.39, 0.29) is 0 Å². The van der Waals surface area contributed by atoms with E-state index in [1.807, 2.05) is 86.6 Å². The maximum absolute atomic E-state index is 4.46. The first-order valence-corrected chi connectivity index (χ1v) is 14.9. The fourth-order valence-corrected chi connectivity index (χ4v) is 5.93. The molecule has 2 aromatic heterocycles. The number of azo groups is 3. The largest absolute Gasteiger partial charge is 0.363 e. The van der Waals surface area contributed by atoms with Crippen LogP contribution in [0.25, 0.3) is 10.6 Å². The first-order chi connectivity index (χ1) is 20.1. The molecule has 6 rings (SSSR count). The normalized spacial score (nSPS) is 13.9. The van der Waals surface area contributed by atoms with Gasteiger partial charge in [0, 0.05) is 18.7 Å². The Morgan fingerprint density at radius 1 is 0.634 bits per heavy atom. The Hall–Kier alpha value is -4.48. The van der Waals surface area contributed by atoms with E-state index in [1.165, 1.54) is 29.2 Å². The predicted octanol–water partition coefficient (Wildman–Crippen LogP) is 10.7. The molecule has 0 radical (unpaired) electrons. The van der Waals surface area contributed by atoms with Crippen molar-refractivity contribution in [3.05, 3.63) is 90.0 Å². The van der Waals surface area contributed by atoms with Gasteiger partial charge in [-0.15, -0.1) is 30.7 Å². The molecule has 0 atom stereocenters. The molecule has 3 aromatic carbocycles. The molecular weight excluding hydrogens is 551 g/mol. The second kappa shape index (κ2) is 12.4. The quantitative estimate of drug-likeness (QED) is 0.171. The minimum atomic E-state index is 0.507. The van der Waals surface area contributed by atoms with E-state index in [9.17, 15) is 0 Å². The molecule has 1 aliphatic heterocycles. The lowest BCUT2D eigenvalue weighted by Crippen LogP contribution is -2.15. The summed E-state index contributed by atoms with van der Waals surface area (Å²) in [5, 5.41) is 38.3. The fraction of sp³-hybridized carbons (Fsp3) is 0.200.